The van der Waals surface area contributed by atoms with Gasteiger partial charge < -0.3 is 9.84 Å². The fourth-order valence-electron chi connectivity index (χ4n) is 4.05. The van der Waals surface area contributed by atoms with Crippen LogP contribution in [0.2, 0.25) is 0 Å². The van der Waals surface area contributed by atoms with Crippen molar-refractivity contribution in [2.45, 2.75) is 19.6 Å². The van der Waals surface area contributed by atoms with Crippen molar-refractivity contribution >= 4 is 33.9 Å². The van der Waals surface area contributed by atoms with E-state index in [1.807, 2.05) is 25.1 Å². The number of ether oxygens (including phenoxy) is 1. The van der Waals surface area contributed by atoms with Crippen LogP contribution in [0.1, 0.15) is 28.3 Å². The summed E-state index contributed by atoms with van der Waals surface area (Å²) < 4.78 is 5.86. The highest BCUT2D eigenvalue weighted by Gasteiger charge is 2.48. The molecule has 0 radical (unpaired) electrons. The SMILES string of the molecule is Cc1cccc(COc2ccc(/C(O)=C3/C(=O)C(=O)N(c4nccs4)C3c3cccnc3)cc2)c1. The van der Waals surface area contributed by atoms with Crippen LogP contribution in [-0.4, -0.2) is 26.8 Å². The Hall–Kier alpha value is -4.30. The molecule has 8 heteroatoms. The number of aromatic nitrogens is 2. The van der Waals surface area contributed by atoms with Crippen LogP contribution in [0.25, 0.3) is 5.76 Å². The number of carbonyl (C=O) groups excluding carboxylic acids is 2. The number of rotatable bonds is 6. The van der Waals surface area contributed by atoms with Crippen molar-refractivity contribution in [3.8, 4) is 5.75 Å². The van der Waals surface area contributed by atoms with E-state index in [0.29, 0.717) is 28.6 Å². The number of Topliss-reactive ketones (excluding diaryl/α,β-unsaturated/α-hetero) is 1. The summed E-state index contributed by atoms with van der Waals surface area (Å²) in [6, 6.07) is 17.5. The maximum Gasteiger partial charge on any atom is 0.301 e. The molecule has 5 rings (SSSR count). The van der Waals surface area contributed by atoms with E-state index in [2.05, 4.69) is 16.0 Å². The largest absolute Gasteiger partial charge is 0.507 e. The highest BCUT2D eigenvalue weighted by molar-refractivity contribution is 7.14. The Morgan fingerprint density at radius 3 is 2.60 bits per heavy atom. The van der Waals surface area contributed by atoms with Crippen LogP contribution in [0, 0.1) is 6.92 Å². The number of aryl methyl sites for hydroxylation is 1. The summed E-state index contributed by atoms with van der Waals surface area (Å²) in [7, 11) is 0. The molecule has 2 aromatic carbocycles. The molecule has 4 aromatic rings. The molecule has 0 aliphatic carbocycles. The molecular weight excluding hydrogens is 462 g/mol. The maximum atomic E-state index is 13.1. The molecule has 1 N–H and O–H groups in total. The zero-order valence-corrected chi connectivity index (χ0v) is 19.6. The fraction of sp³-hybridized carbons (Fsp3) is 0.111. The van der Waals surface area contributed by atoms with Gasteiger partial charge in [-0.25, -0.2) is 4.98 Å². The van der Waals surface area contributed by atoms with Crippen molar-refractivity contribution in [2.24, 2.45) is 0 Å². The van der Waals surface area contributed by atoms with Crippen molar-refractivity contribution in [2.75, 3.05) is 4.90 Å². The van der Waals surface area contributed by atoms with Crippen molar-refractivity contribution in [1.29, 1.82) is 0 Å². The van der Waals surface area contributed by atoms with Gasteiger partial charge in [-0.05, 0) is 48.4 Å². The Balaban J connectivity index is 1.47. The zero-order chi connectivity index (χ0) is 24.4. The number of aliphatic hydroxyl groups excluding tert-OH is 1. The highest BCUT2D eigenvalue weighted by atomic mass is 32.1. The van der Waals surface area contributed by atoms with Gasteiger partial charge in [-0.2, -0.15) is 0 Å². The topological polar surface area (TPSA) is 92.6 Å². The van der Waals surface area contributed by atoms with Crippen LogP contribution in [-0.2, 0) is 16.2 Å². The average molecular weight is 484 g/mol. The molecule has 1 aliphatic rings. The second kappa shape index (κ2) is 9.52. The molecule has 1 amide bonds. The number of carbonyl (C=O) groups is 2. The minimum absolute atomic E-state index is 0.00775. The first-order valence-electron chi connectivity index (χ1n) is 10.9. The Kier molecular flexibility index (Phi) is 6.12. The summed E-state index contributed by atoms with van der Waals surface area (Å²) >= 11 is 1.24. The number of nitrogens with zero attached hydrogens (tertiary/aromatic N) is 3. The van der Waals surface area contributed by atoms with Gasteiger partial charge in [0.1, 0.15) is 18.1 Å². The molecule has 0 spiro atoms. The van der Waals surface area contributed by atoms with Crippen molar-refractivity contribution in [3.05, 3.63) is 112 Å². The van der Waals surface area contributed by atoms with Crippen LogP contribution in [0.15, 0.2) is 90.2 Å². The van der Waals surface area contributed by atoms with Gasteiger partial charge in [0.15, 0.2) is 5.13 Å². The first kappa shape index (κ1) is 22.5. The molecule has 174 valence electrons. The molecule has 1 fully saturated rings. The minimum atomic E-state index is -0.841. The summed E-state index contributed by atoms with van der Waals surface area (Å²) in [5, 5.41) is 13.3. The van der Waals surface area contributed by atoms with E-state index in [-0.39, 0.29) is 11.3 Å². The van der Waals surface area contributed by atoms with Gasteiger partial charge >= 0.3 is 5.91 Å². The van der Waals surface area contributed by atoms with Gasteiger partial charge in [-0.15, -0.1) is 11.3 Å². The lowest BCUT2D eigenvalue weighted by Crippen LogP contribution is -2.29. The molecule has 35 heavy (non-hydrogen) atoms. The van der Waals surface area contributed by atoms with Crippen LogP contribution < -0.4 is 9.64 Å². The van der Waals surface area contributed by atoms with Gasteiger partial charge in [-0.3, -0.25) is 19.5 Å². The zero-order valence-electron chi connectivity index (χ0n) is 18.8. The number of ketones is 1. The van der Waals surface area contributed by atoms with E-state index in [0.717, 1.165) is 11.1 Å². The predicted molar refractivity (Wildman–Crippen MR) is 133 cm³/mol. The van der Waals surface area contributed by atoms with E-state index < -0.39 is 17.7 Å². The summed E-state index contributed by atoms with van der Waals surface area (Å²) in [6.45, 7) is 2.44. The monoisotopic (exact) mass is 483 g/mol. The summed E-state index contributed by atoms with van der Waals surface area (Å²) in [5.41, 5.74) is 3.20. The summed E-state index contributed by atoms with van der Waals surface area (Å²) in [4.78, 5) is 35.7. The Morgan fingerprint density at radius 2 is 1.91 bits per heavy atom. The van der Waals surface area contributed by atoms with Gasteiger partial charge in [0, 0.05) is 29.5 Å². The molecule has 1 aliphatic heterocycles. The Morgan fingerprint density at radius 1 is 1.09 bits per heavy atom. The van der Waals surface area contributed by atoms with Crippen LogP contribution in [0.3, 0.4) is 0 Å². The second-order valence-electron chi connectivity index (χ2n) is 8.07. The van der Waals surface area contributed by atoms with Gasteiger partial charge in [0.25, 0.3) is 5.78 Å². The van der Waals surface area contributed by atoms with E-state index in [4.69, 9.17) is 4.74 Å². The molecular formula is C27H21N3O4S. The quantitative estimate of drug-likeness (QED) is 0.234. The maximum absolute atomic E-state index is 13.1. The first-order chi connectivity index (χ1) is 17.0. The minimum Gasteiger partial charge on any atom is -0.507 e. The summed E-state index contributed by atoms with van der Waals surface area (Å²) in [6.07, 6.45) is 4.75. The van der Waals surface area contributed by atoms with Crippen LogP contribution >= 0.6 is 11.3 Å². The molecule has 1 saturated heterocycles. The van der Waals surface area contributed by atoms with Crippen molar-refractivity contribution < 1.29 is 19.4 Å². The van der Waals surface area contributed by atoms with E-state index in [9.17, 15) is 14.7 Å². The molecule has 0 bridgehead atoms. The van der Waals surface area contributed by atoms with E-state index in [1.54, 1.807) is 60.4 Å². The first-order valence-corrected chi connectivity index (χ1v) is 11.8. The number of hydrogen-bond acceptors (Lipinski definition) is 7. The van der Waals surface area contributed by atoms with E-state index >= 15 is 0 Å². The third-order valence-electron chi connectivity index (χ3n) is 5.69. The lowest BCUT2D eigenvalue weighted by molar-refractivity contribution is -0.132. The second-order valence-corrected chi connectivity index (χ2v) is 8.95. The number of anilines is 1. The smallest absolute Gasteiger partial charge is 0.301 e. The number of pyridine rings is 1. The Labute approximate surface area is 206 Å². The van der Waals surface area contributed by atoms with E-state index in [1.165, 1.54) is 16.2 Å². The number of thiazole rings is 1. The Bertz CT molecular complexity index is 1400. The van der Waals surface area contributed by atoms with Crippen molar-refractivity contribution in [3.63, 3.8) is 0 Å². The third kappa shape index (κ3) is 4.43. The lowest BCUT2D eigenvalue weighted by Gasteiger charge is -2.22. The van der Waals surface area contributed by atoms with Crippen LogP contribution in [0.5, 0.6) is 5.75 Å². The number of amides is 1. The highest BCUT2D eigenvalue weighted by Crippen LogP contribution is 2.42. The normalized spacial score (nSPS) is 17.1. The third-order valence-corrected chi connectivity index (χ3v) is 6.46. The molecule has 1 atom stereocenters. The van der Waals surface area contributed by atoms with Gasteiger partial charge in [0.05, 0.1) is 11.6 Å². The molecule has 0 saturated carbocycles. The number of hydrogen-bond donors (Lipinski definition) is 1. The number of benzene rings is 2. The van der Waals surface area contributed by atoms with Gasteiger partial charge in [-0.1, -0.05) is 35.9 Å². The standard InChI is InChI=1S/C27H21N3O4S/c1-17-4-2-5-18(14-17)16-34-21-9-7-19(8-10-21)24(31)22-23(20-6-3-11-28-15-20)30(26(33)25(22)32)27-29-12-13-35-27/h2-15,23,31H,16H2,1H3/b24-22-. The molecule has 1 unspecified atom stereocenters. The number of aliphatic hydroxyl groups is 1. The summed E-state index contributed by atoms with van der Waals surface area (Å²) in [5.74, 6) is -1.16. The average Bonchev–Trinajstić information content (AvgIpc) is 3.50. The predicted octanol–water partition coefficient (Wildman–Crippen LogP) is 5.05. The van der Waals surface area contributed by atoms with Crippen LogP contribution in [0.4, 0.5) is 5.13 Å². The van der Waals surface area contributed by atoms with Crippen molar-refractivity contribution in [1.82, 2.24) is 9.97 Å². The fourth-order valence-corrected chi connectivity index (χ4v) is 4.72. The molecule has 7 nitrogen and oxygen atoms in total. The van der Waals surface area contributed by atoms with Gasteiger partial charge in [0.2, 0.25) is 0 Å². The molecule has 2 aromatic heterocycles. The molecule has 3 heterocycles. The lowest BCUT2D eigenvalue weighted by atomic mass is 9.96.